The minimum absolute atomic E-state index is 0.298. The van der Waals surface area contributed by atoms with Gasteiger partial charge in [-0.25, -0.2) is 9.59 Å². The number of rotatable bonds is 11. The van der Waals surface area contributed by atoms with Crippen LogP contribution in [0.4, 0.5) is 4.79 Å². The monoisotopic (exact) mass is 345 g/mol. The van der Waals surface area contributed by atoms with Crippen LogP contribution < -0.4 is 5.32 Å². The number of hydrogen-bond donors (Lipinski definition) is 2. The average Bonchev–Trinajstić information content (AvgIpc) is 2.41. The van der Waals surface area contributed by atoms with Crippen molar-refractivity contribution in [2.75, 3.05) is 6.61 Å². The maximum atomic E-state index is 11.6. The van der Waals surface area contributed by atoms with Crippen molar-refractivity contribution in [1.29, 1.82) is 0 Å². The van der Waals surface area contributed by atoms with Crippen LogP contribution >= 0.6 is 0 Å². The van der Waals surface area contributed by atoms with Gasteiger partial charge in [0.15, 0.2) is 6.04 Å². The van der Waals surface area contributed by atoms with Crippen LogP contribution in [0.5, 0.6) is 0 Å². The first-order valence-electron chi connectivity index (χ1n) is 8.45. The molecule has 24 heavy (non-hydrogen) atoms. The van der Waals surface area contributed by atoms with Crippen LogP contribution in [0.25, 0.3) is 0 Å². The van der Waals surface area contributed by atoms with Gasteiger partial charge in [-0.15, -0.1) is 0 Å². The van der Waals surface area contributed by atoms with Crippen molar-refractivity contribution in [2.45, 2.75) is 72.4 Å². The van der Waals surface area contributed by atoms with Crippen LogP contribution in [0.3, 0.4) is 0 Å². The number of ether oxygens (including phenoxy) is 2. The van der Waals surface area contributed by atoms with Gasteiger partial charge in [-0.1, -0.05) is 27.2 Å². The molecule has 0 aliphatic heterocycles. The number of carboxylic acid groups (broad SMARTS) is 1. The molecule has 0 aliphatic rings. The minimum Gasteiger partial charge on any atom is -0.480 e. The minimum atomic E-state index is -1.28. The zero-order valence-corrected chi connectivity index (χ0v) is 15.3. The van der Waals surface area contributed by atoms with E-state index in [1.54, 1.807) is 6.92 Å². The molecule has 7 heteroatoms. The van der Waals surface area contributed by atoms with Gasteiger partial charge in [-0.05, 0) is 38.0 Å². The van der Waals surface area contributed by atoms with Gasteiger partial charge < -0.3 is 19.9 Å². The van der Waals surface area contributed by atoms with Crippen molar-refractivity contribution < 1.29 is 29.0 Å². The highest BCUT2D eigenvalue weighted by atomic mass is 16.7. The van der Waals surface area contributed by atoms with Crippen molar-refractivity contribution in [2.24, 2.45) is 11.8 Å². The summed E-state index contributed by atoms with van der Waals surface area (Å²) in [4.78, 5) is 33.3. The van der Waals surface area contributed by atoms with Crippen LogP contribution in [0.15, 0.2) is 0 Å². The maximum absolute atomic E-state index is 11.6. The molecule has 0 aliphatic carbocycles. The standard InChI is InChI=1S/C17H31NO6/c1-11(2)9-12(3)7-6-8-13(4)24-17(22)23-10-15(16(20)21)18-14(5)19/h11-13,15H,6-10H2,1-5H3,(H,18,19)(H,20,21). The van der Waals surface area contributed by atoms with Crippen molar-refractivity contribution in [3.05, 3.63) is 0 Å². The number of carboxylic acids is 1. The second-order valence-corrected chi connectivity index (χ2v) is 6.75. The van der Waals surface area contributed by atoms with Crippen molar-refractivity contribution in [3.8, 4) is 0 Å². The average molecular weight is 345 g/mol. The molecular weight excluding hydrogens is 314 g/mol. The van der Waals surface area contributed by atoms with Crippen molar-refractivity contribution in [1.82, 2.24) is 5.32 Å². The van der Waals surface area contributed by atoms with E-state index in [1.165, 1.54) is 13.3 Å². The van der Waals surface area contributed by atoms with Crippen molar-refractivity contribution in [3.63, 3.8) is 0 Å². The van der Waals surface area contributed by atoms with Gasteiger partial charge in [-0.3, -0.25) is 4.79 Å². The summed E-state index contributed by atoms with van der Waals surface area (Å²) >= 11 is 0. The molecule has 3 unspecified atom stereocenters. The Bertz CT molecular complexity index is 410. The summed E-state index contributed by atoms with van der Waals surface area (Å²) in [7, 11) is 0. The molecule has 0 aromatic carbocycles. The fourth-order valence-corrected chi connectivity index (χ4v) is 2.50. The Hall–Kier alpha value is -1.79. The van der Waals surface area contributed by atoms with E-state index in [9.17, 15) is 14.4 Å². The summed E-state index contributed by atoms with van der Waals surface area (Å²) in [5.41, 5.74) is 0. The third-order valence-corrected chi connectivity index (χ3v) is 3.52. The van der Waals surface area contributed by atoms with Gasteiger partial charge in [-0.2, -0.15) is 0 Å². The molecule has 0 radical (unpaired) electrons. The van der Waals surface area contributed by atoms with Gasteiger partial charge in [0.25, 0.3) is 0 Å². The summed E-state index contributed by atoms with van der Waals surface area (Å²) < 4.78 is 9.84. The zero-order chi connectivity index (χ0) is 18.7. The largest absolute Gasteiger partial charge is 0.508 e. The molecule has 140 valence electrons. The summed E-state index contributed by atoms with van der Waals surface area (Å²) in [6, 6.07) is -1.28. The number of amides is 1. The highest BCUT2D eigenvalue weighted by molar-refractivity contribution is 5.82. The van der Waals surface area contributed by atoms with Crippen molar-refractivity contribution >= 4 is 18.0 Å². The van der Waals surface area contributed by atoms with Crippen LogP contribution in [0.2, 0.25) is 0 Å². The van der Waals surface area contributed by atoms with E-state index in [2.05, 4.69) is 26.1 Å². The first kappa shape index (κ1) is 22.2. The van der Waals surface area contributed by atoms with Gasteiger partial charge >= 0.3 is 12.1 Å². The summed E-state index contributed by atoms with van der Waals surface area (Å²) in [6.45, 7) is 9.11. The molecule has 0 fully saturated rings. The van der Waals surface area contributed by atoms with Gasteiger partial charge in [0.05, 0.1) is 0 Å². The Morgan fingerprint density at radius 2 is 1.71 bits per heavy atom. The normalized spacial score (nSPS) is 14.6. The number of hydrogen-bond acceptors (Lipinski definition) is 5. The lowest BCUT2D eigenvalue weighted by molar-refractivity contribution is -0.142. The van der Waals surface area contributed by atoms with Crippen LogP contribution in [0, 0.1) is 11.8 Å². The van der Waals surface area contributed by atoms with Crippen LogP contribution in [0.1, 0.15) is 60.3 Å². The lowest BCUT2D eigenvalue weighted by atomic mass is 9.93. The molecular formula is C17H31NO6. The van der Waals surface area contributed by atoms with E-state index in [-0.39, 0.29) is 6.10 Å². The van der Waals surface area contributed by atoms with E-state index in [1.807, 2.05) is 0 Å². The Balaban J connectivity index is 4.00. The van der Waals surface area contributed by atoms with Gasteiger partial charge in [0.1, 0.15) is 12.7 Å². The van der Waals surface area contributed by atoms with E-state index >= 15 is 0 Å². The second-order valence-electron chi connectivity index (χ2n) is 6.75. The fourth-order valence-electron chi connectivity index (χ4n) is 2.50. The zero-order valence-electron chi connectivity index (χ0n) is 15.3. The summed E-state index contributed by atoms with van der Waals surface area (Å²) in [5.74, 6) is -0.471. The Morgan fingerprint density at radius 1 is 1.08 bits per heavy atom. The number of carbonyl (C=O) groups excluding carboxylic acids is 2. The molecule has 0 aromatic heterocycles. The maximum Gasteiger partial charge on any atom is 0.508 e. The smallest absolute Gasteiger partial charge is 0.480 e. The first-order chi connectivity index (χ1) is 11.1. The molecule has 1 amide bonds. The van der Waals surface area contributed by atoms with E-state index in [4.69, 9.17) is 14.6 Å². The predicted molar refractivity (Wildman–Crippen MR) is 89.6 cm³/mol. The first-order valence-corrected chi connectivity index (χ1v) is 8.45. The van der Waals surface area contributed by atoms with Crippen LogP contribution in [-0.2, 0) is 19.1 Å². The lowest BCUT2D eigenvalue weighted by Gasteiger charge is -2.17. The molecule has 0 aromatic rings. The molecule has 0 saturated heterocycles. The molecule has 7 nitrogen and oxygen atoms in total. The van der Waals surface area contributed by atoms with Crippen LogP contribution in [-0.4, -0.2) is 41.9 Å². The number of aliphatic carboxylic acids is 1. The third-order valence-electron chi connectivity index (χ3n) is 3.52. The van der Waals surface area contributed by atoms with E-state index in [0.29, 0.717) is 11.8 Å². The fraction of sp³-hybridized carbons (Fsp3) is 0.824. The molecule has 2 N–H and O–H groups in total. The summed E-state index contributed by atoms with van der Waals surface area (Å²) in [6.07, 6.45) is 2.71. The molecule has 0 saturated carbocycles. The van der Waals surface area contributed by atoms with Gasteiger partial charge in [0, 0.05) is 6.92 Å². The highest BCUT2D eigenvalue weighted by Gasteiger charge is 2.21. The molecule has 3 atom stereocenters. The topological polar surface area (TPSA) is 102 Å². The number of carbonyl (C=O) groups is 3. The lowest BCUT2D eigenvalue weighted by Crippen LogP contribution is -2.43. The molecule has 0 rings (SSSR count). The molecule has 0 spiro atoms. The number of nitrogens with one attached hydrogen (secondary N) is 1. The Kier molecular flexibility index (Phi) is 10.8. The SMILES string of the molecule is CC(=O)NC(COC(=O)OC(C)CCCC(C)CC(C)C)C(=O)O. The molecule has 0 heterocycles. The quantitative estimate of drug-likeness (QED) is 0.558. The Labute approximate surface area is 144 Å². The van der Waals surface area contributed by atoms with E-state index in [0.717, 1.165) is 19.3 Å². The second kappa shape index (κ2) is 11.7. The third kappa shape index (κ3) is 11.7. The molecule has 0 bridgehead atoms. The Morgan fingerprint density at radius 3 is 2.21 bits per heavy atom. The summed E-state index contributed by atoms with van der Waals surface area (Å²) in [5, 5.41) is 11.1. The van der Waals surface area contributed by atoms with Gasteiger partial charge in [0.2, 0.25) is 5.91 Å². The van der Waals surface area contributed by atoms with E-state index < -0.39 is 30.7 Å². The highest BCUT2D eigenvalue weighted by Crippen LogP contribution is 2.18. The predicted octanol–water partition coefficient (Wildman–Crippen LogP) is 2.97.